The van der Waals surface area contributed by atoms with Crippen molar-refractivity contribution in [3.8, 4) is 0 Å². The number of fused-ring (bicyclic) bond motifs is 1. The minimum Gasteiger partial charge on any atom is -0.352 e. The van der Waals surface area contributed by atoms with Crippen LogP contribution in [-0.2, 0) is 11.8 Å². The Morgan fingerprint density at radius 2 is 1.88 bits per heavy atom. The predicted molar refractivity (Wildman–Crippen MR) is 124 cm³/mol. The van der Waals surface area contributed by atoms with Crippen LogP contribution < -0.4 is 4.90 Å². The molecule has 1 aromatic carbocycles. The Kier molecular flexibility index (Phi) is 5.78. The van der Waals surface area contributed by atoms with E-state index in [-0.39, 0.29) is 11.9 Å². The average Bonchev–Trinajstić information content (AvgIpc) is 3.58. The molecular formula is C24H31N7O. The fourth-order valence-corrected chi connectivity index (χ4v) is 4.58. The van der Waals surface area contributed by atoms with E-state index in [1.54, 1.807) is 11.0 Å². The van der Waals surface area contributed by atoms with Crippen LogP contribution in [0.4, 0.5) is 5.82 Å². The first-order valence-corrected chi connectivity index (χ1v) is 11.5. The average molecular weight is 434 g/mol. The van der Waals surface area contributed by atoms with Crippen molar-refractivity contribution in [3.63, 3.8) is 0 Å². The van der Waals surface area contributed by atoms with Gasteiger partial charge in [0.2, 0.25) is 5.91 Å². The zero-order valence-electron chi connectivity index (χ0n) is 18.9. The maximum absolute atomic E-state index is 13.2. The molecule has 0 N–H and O–H groups in total. The van der Waals surface area contributed by atoms with Crippen LogP contribution in [0, 0.1) is 5.92 Å². The van der Waals surface area contributed by atoms with Crippen molar-refractivity contribution in [3.05, 3.63) is 48.4 Å². The Balaban J connectivity index is 1.23. The highest BCUT2D eigenvalue weighted by Gasteiger charge is 2.30. The highest BCUT2D eigenvalue weighted by Crippen LogP contribution is 2.33. The first-order chi connectivity index (χ1) is 15.6. The van der Waals surface area contributed by atoms with Crippen LogP contribution in [0.15, 0.2) is 42.9 Å². The van der Waals surface area contributed by atoms with E-state index in [4.69, 9.17) is 0 Å². The number of aryl methyl sites for hydroxylation is 1. The van der Waals surface area contributed by atoms with Crippen LogP contribution in [-0.4, -0.2) is 74.7 Å². The standard InChI is InChI=1S/C24H31N7O/c1-18(20-6-4-3-5-7-20)31(15-19-8-9-19)16-22(32)29-10-12-30(13-11-29)24-21-14-27-28(2)23(21)25-17-26-24/h3-7,14,17-19H,8-13,15-16H2,1-2H3. The lowest BCUT2D eigenvalue weighted by atomic mass is 10.1. The Bertz CT molecular complexity index is 1070. The van der Waals surface area contributed by atoms with E-state index in [2.05, 4.69) is 56.1 Å². The summed E-state index contributed by atoms with van der Waals surface area (Å²) in [5.41, 5.74) is 2.11. The van der Waals surface area contributed by atoms with E-state index in [0.717, 1.165) is 42.4 Å². The zero-order valence-corrected chi connectivity index (χ0v) is 18.9. The molecule has 3 aromatic rings. The molecule has 3 heterocycles. The minimum atomic E-state index is 0.224. The van der Waals surface area contributed by atoms with Gasteiger partial charge in [0, 0.05) is 45.8 Å². The minimum absolute atomic E-state index is 0.224. The summed E-state index contributed by atoms with van der Waals surface area (Å²) in [5.74, 6) is 1.87. The number of carbonyl (C=O) groups excluding carboxylic acids is 1. The third-order valence-corrected chi connectivity index (χ3v) is 6.80. The van der Waals surface area contributed by atoms with Crippen molar-refractivity contribution in [2.45, 2.75) is 25.8 Å². The molecule has 1 atom stereocenters. The van der Waals surface area contributed by atoms with Crippen molar-refractivity contribution in [2.75, 3.05) is 44.2 Å². The molecular weight excluding hydrogens is 402 g/mol. The van der Waals surface area contributed by atoms with Gasteiger partial charge in [0.05, 0.1) is 18.1 Å². The van der Waals surface area contributed by atoms with Gasteiger partial charge in [-0.3, -0.25) is 14.4 Å². The van der Waals surface area contributed by atoms with Gasteiger partial charge in [0.25, 0.3) is 0 Å². The van der Waals surface area contributed by atoms with Crippen LogP contribution in [0.1, 0.15) is 31.4 Å². The Hall–Kier alpha value is -3.00. The number of hydrogen-bond acceptors (Lipinski definition) is 6. The largest absolute Gasteiger partial charge is 0.352 e. The lowest BCUT2D eigenvalue weighted by Gasteiger charge is -2.37. The van der Waals surface area contributed by atoms with Crippen molar-refractivity contribution < 1.29 is 4.79 Å². The van der Waals surface area contributed by atoms with Gasteiger partial charge in [-0.1, -0.05) is 30.3 Å². The number of rotatable bonds is 7. The molecule has 1 aliphatic carbocycles. The van der Waals surface area contributed by atoms with Crippen molar-refractivity contribution in [1.82, 2.24) is 29.5 Å². The molecule has 0 bridgehead atoms. The van der Waals surface area contributed by atoms with Gasteiger partial charge in [-0.25, -0.2) is 9.97 Å². The molecule has 1 aliphatic heterocycles. The summed E-state index contributed by atoms with van der Waals surface area (Å²) in [5, 5.41) is 5.27. The van der Waals surface area contributed by atoms with Gasteiger partial charge < -0.3 is 9.80 Å². The molecule has 168 valence electrons. The third-order valence-electron chi connectivity index (χ3n) is 6.80. The number of amides is 1. The van der Waals surface area contributed by atoms with E-state index >= 15 is 0 Å². The fraction of sp³-hybridized carbons (Fsp3) is 0.500. The van der Waals surface area contributed by atoms with Gasteiger partial charge in [-0.15, -0.1) is 0 Å². The van der Waals surface area contributed by atoms with Crippen molar-refractivity contribution >= 4 is 22.8 Å². The molecule has 1 unspecified atom stereocenters. The quantitative estimate of drug-likeness (QED) is 0.570. The topological polar surface area (TPSA) is 70.4 Å². The molecule has 2 fully saturated rings. The SMILES string of the molecule is CC(c1ccccc1)N(CC(=O)N1CCN(c2ncnc3c2cnn3C)CC1)CC1CC1. The van der Waals surface area contributed by atoms with Crippen LogP contribution in [0.5, 0.6) is 0 Å². The summed E-state index contributed by atoms with van der Waals surface area (Å²) in [4.78, 5) is 28.7. The van der Waals surface area contributed by atoms with Gasteiger partial charge in [-0.05, 0) is 31.2 Å². The summed E-state index contributed by atoms with van der Waals surface area (Å²) in [6.07, 6.45) is 5.99. The summed E-state index contributed by atoms with van der Waals surface area (Å²) in [6, 6.07) is 10.8. The molecule has 0 spiro atoms. The van der Waals surface area contributed by atoms with Gasteiger partial charge >= 0.3 is 0 Å². The normalized spacial score (nSPS) is 17.8. The summed E-state index contributed by atoms with van der Waals surface area (Å²) in [6.45, 7) is 6.65. The first kappa shape index (κ1) is 20.9. The molecule has 2 aliphatic rings. The highest BCUT2D eigenvalue weighted by atomic mass is 16.2. The Morgan fingerprint density at radius 1 is 1.12 bits per heavy atom. The van der Waals surface area contributed by atoms with E-state index < -0.39 is 0 Å². The third kappa shape index (κ3) is 4.32. The van der Waals surface area contributed by atoms with Gasteiger partial charge in [0.15, 0.2) is 5.65 Å². The highest BCUT2D eigenvalue weighted by molar-refractivity contribution is 5.87. The molecule has 5 rings (SSSR count). The number of hydrogen-bond donors (Lipinski definition) is 0. The number of aromatic nitrogens is 4. The molecule has 0 radical (unpaired) electrons. The lowest BCUT2D eigenvalue weighted by molar-refractivity contribution is -0.133. The second-order valence-electron chi connectivity index (χ2n) is 9.03. The van der Waals surface area contributed by atoms with E-state index in [1.165, 1.54) is 18.4 Å². The number of piperazine rings is 1. The number of benzene rings is 1. The Labute approximate surface area is 188 Å². The maximum Gasteiger partial charge on any atom is 0.236 e. The molecule has 32 heavy (non-hydrogen) atoms. The first-order valence-electron chi connectivity index (χ1n) is 11.5. The molecule has 1 saturated heterocycles. The summed E-state index contributed by atoms with van der Waals surface area (Å²) < 4.78 is 1.77. The number of anilines is 1. The number of nitrogens with zero attached hydrogens (tertiary/aromatic N) is 7. The van der Waals surface area contributed by atoms with Crippen LogP contribution >= 0.6 is 0 Å². The van der Waals surface area contributed by atoms with Crippen molar-refractivity contribution in [2.24, 2.45) is 13.0 Å². The van der Waals surface area contributed by atoms with Crippen LogP contribution in [0.3, 0.4) is 0 Å². The number of carbonyl (C=O) groups is 1. The molecule has 1 amide bonds. The second-order valence-corrected chi connectivity index (χ2v) is 9.03. The lowest BCUT2D eigenvalue weighted by Crippen LogP contribution is -2.51. The molecule has 1 saturated carbocycles. The Morgan fingerprint density at radius 3 is 2.59 bits per heavy atom. The second kappa shape index (κ2) is 8.86. The molecule has 8 nitrogen and oxygen atoms in total. The maximum atomic E-state index is 13.2. The summed E-state index contributed by atoms with van der Waals surface area (Å²) >= 11 is 0. The summed E-state index contributed by atoms with van der Waals surface area (Å²) in [7, 11) is 1.89. The smallest absolute Gasteiger partial charge is 0.236 e. The fourth-order valence-electron chi connectivity index (χ4n) is 4.58. The van der Waals surface area contributed by atoms with E-state index in [9.17, 15) is 4.79 Å². The van der Waals surface area contributed by atoms with E-state index in [1.807, 2.05) is 24.2 Å². The van der Waals surface area contributed by atoms with Crippen LogP contribution in [0.2, 0.25) is 0 Å². The monoisotopic (exact) mass is 433 g/mol. The van der Waals surface area contributed by atoms with E-state index in [0.29, 0.717) is 19.6 Å². The predicted octanol–water partition coefficient (Wildman–Crippen LogP) is 2.49. The zero-order chi connectivity index (χ0) is 22.1. The molecule has 8 heteroatoms. The van der Waals surface area contributed by atoms with Crippen molar-refractivity contribution in [1.29, 1.82) is 0 Å². The molecule has 2 aromatic heterocycles. The van der Waals surface area contributed by atoms with Gasteiger partial charge in [0.1, 0.15) is 12.1 Å². The van der Waals surface area contributed by atoms with Crippen LogP contribution in [0.25, 0.3) is 11.0 Å². The van der Waals surface area contributed by atoms with Gasteiger partial charge in [-0.2, -0.15) is 5.10 Å².